The van der Waals surface area contributed by atoms with E-state index >= 15 is 0 Å². The number of hydrazone groups is 1. The first-order valence-corrected chi connectivity index (χ1v) is 15.3. The number of hydrogen-bond donors (Lipinski definition) is 2. The van der Waals surface area contributed by atoms with Crippen molar-refractivity contribution in [1.82, 2.24) is 10.7 Å². The largest absolute Gasteiger partial charge is 0.490 e. The Labute approximate surface area is 277 Å². The molecule has 0 bridgehead atoms. The van der Waals surface area contributed by atoms with Crippen molar-refractivity contribution in [1.29, 1.82) is 0 Å². The molecular weight excluding hydrogens is 637 g/mol. The second-order valence-electron chi connectivity index (χ2n) is 9.84. The third-order valence-electron chi connectivity index (χ3n) is 6.48. The number of benzene rings is 4. The normalized spacial score (nSPS) is 12.3. The highest BCUT2D eigenvalue weighted by molar-refractivity contribution is 6.35. The molecule has 2 atom stereocenters. The molecule has 0 saturated carbocycles. The van der Waals surface area contributed by atoms with Crippen LogP contribution in [0, 0.1) is 0 Å². The zero-order valence-corrected chi connectivity index (χ0v) is 26.9. The van der Waals surface area contributed by atoms with Gasteiger partial charge in [-0.15, -0.1) is 0 Å². The van der Waals surface area contributed by atoms with Crippen molar-refractivity contribution >= 4 is 52.8 Å². The van der Waals surface area contributed by atoms with E-state index in [9.17, 15) is 9.59 Å². The van der Waals surface area contributed by atoms with Crippen molar-refractivity contribution in [2.45, 2.75) is 39.0 Å². The molecule has 0 saturated heterocycles. The molecule has 234 valence electrons. The van der Waals surface area contributed by atoms with E-state index in [4.69, 9.17) is 49.0 Å². The highest BCUT2D eigenvalue weighted by atomic mass is 35.5. The topological polar surface area (TPSA) is 98.2 Å². The molecule has 0 aromatic heterocycles. The zero-order chi connectivity index (χ0) is 32.2. The van der Waals surface area contributed by atoms with Gasteiger partial charge in [-0.2, -0.15) is 5.10 Å². The molecule has 0 radical (unpaired) electrons. The van der Waals surface area contributed by atoms with Gasteiger partial charge in [-0.3, -0.25) is 9.59 Å². The summed E-state index contributed by atoms with van der Waals surface area (Å²) in [4.78, 5) is 26.3. The lowest BCUT2D eigenvalue weighted by atomic mass is 10.1. The minimum atomic E-state index is -0.950. The molecule has 0 unspecified atom stereocenters. The van der Waals surface area contributed by atoms with E-state index in [1.54, 1.807) is 43.3 Å². The fraction of sp³-hybridized carbons (Fsp3) is 0.206. The summed E-state index contributed by atoms with van der Waals surface area (Å²) in [7, 11) is 0. The molecule has 4 rings (SSSR count). The van der Waals surface area contributed by atoms with E-state index in [0.717, 1.165) is 11.1 Å². The van der Waals surface area contributed by atoms with Gasteiger partial charge in [-0.05, 0) is 67.4 Å². The number of nitrogens with one attached hydrogen (secondary N) is 2. The van der Waals surface area contributed by atoms with Crippen LogP contribution in [0.5, 0.6) is 17.2 Å². The Kier molecular flexibility index (Phi) is 12.5. The number of rotatable bonds is 14. The van der Waals surface area contributed by atoms with Crippen molar-refractivity contribution in [3.05, 3.63) is 123 Å². The Morgan fingerprint density at radius 1 is 0.822 bits per heavy atom. The maximum Gasteiger partial charge on any atom is 0.262 e. The molecule has 0 heterocycles. The summed E-state index contributed by atoms with van der Waals surface area (Å²) >= 11 is 18.4. The van der Waals surface area contributed by atoms with E-state index in [1.165, 1.54) is 12.3 Å². The lowest BCUT2D eigenvalue weighted by Gasteiger charge is -2.21. The standard InChI is InChI=1S/C34H32Cl3N3O5/c1-3-43-32-18-24(13-15-31(32)44-21-25-11-7-8-12-27(25)36)20-38-40-34(42)29(17-23-9-5-4-6-10-23)39-33(41)22(2)45-30-16-14-26(35)19-28(30)37/h4-16,18-20,22,29H,3,17,21H2,1-2H3,(H,39,41)(H,40,42)/b38-20-/t22-,29+/m0/s1. The number of nitrogens with zero attached hydrogens (tertiary/aromatic N) is 1. The van der Waals surface area contributed by atoms with Gasteiger partial charge in [0.05, 0.1) is 17.8 Å². The van der Waals surface area contributed by atoms with Crippen LogP contribution in [0.25, 0.3) is 0 Å². The van der Waals surface area contributed by atoms with Gasteiger partial charge in [0.25, 0.3) is 11.8 Å². The number of ether oxygens (including phenoxy) is 3. The van der Waals surface area contributed by atoms with E-state index in [0.29, 0.717) is 39.5 Å². The van der Waals surface area contributed by atoms with Crippen molar-refractivity contribution < 1.29 is 23.8 Å². The molecule has 0 aliphatic carbocycles. The third kappa shape index (κ3) is 10.1. The third-order valence-corrected chi connectivity index (χ3v) is 7.38. The summed E-state index contributed by atoms with van der Waals surface area (Å²) < 4.78 is 17.5. The second kappa shape index (κ2) is 16.7. The van der Waals surface area contributed by atoms with Gasteiger partial charge in [-0.1, -0.05) is 83.3 Å². The molecule has 0 aliphatic rings. The Morgan fingerprint density at radius 2 is 1.56 bits per heavy atom. The molecule has 4 aromatic carbocycles. The Bertz CT molecular complexity index is 1630. The predicted octanol–water partition coefficient (Wildman–Crippen LogP) is 7.27. The predicted molar refractivity (Wildman–Crippen MR) is 178 cm³/mol. The first-order chi connectivity index (χ1) is 21.7. The van der Waals surface area contributed by atoms with E-state index in [2.05, 4.69) is 15.8 Å². The van der Waals surface area contributed by atoms with Gasteiger partial charge in [0.2, 0.25) is 0 Å². The van der Waals surface area contributed by atoms with Gasteiger partial charge in [-0.25, -0.2) is 5.43 Å². The summed E-state index contributed by atoms with van der Waals surface area (Å²) in [6, 6.07) is 25.8. The Hall–Kier alpha value is -4.24. The minimum absolute atomic E-state index is 0.230. The van der Waals surface area contributed by atoms with Crippen molar-refractivity contribution in [2.24, 2.45) is 5.10 Å². The Morgan fingerprint density at radius 3 is 2.29 bits per heavy atom. The fourth-order valence-electron chi connectivity index (χ4n) is 4.17. The lowest BCUT2D eigenvalue weighted by Crippen LogP contribution is -2.50. The maximum absolute atomic E-state index is 13.2. The van der Waals surface area contributed by atoms with E-state index in [-0.39, 0.29) is 18.1 Å². The summed E-state index contributed by atoms with van der Waals surface area (Å²) in [6.45, 7) is 4.13. The van der Waals surface area contributed by atoms with E-state index in [1.807, 2.05) is 55.5 Å². The van der Waals surface area contributed by atoms with Crippen LogP contribution in [0.1, 0.15) is 30.5 Å². The monoisotopic (exact) mass is 667 g/mol. The first-order valence-electron chi connectivity index (χ1n) is 14.2. The number of hydrogen-bond acceptors (Lipinski definition) is 6. The molecule has 45 heavy (non-hydrogen) atoms. The van der Waals surface area contributed by atoms with Crippen LogP contribution in [-0.4, -0.2) is 36.8 Å². The van der Waals surface area contributed by atoms with Crippen LogP contribution in [-0.2, 0) is 22.6 Å². The second-order valence-corrected chi connectivity index (χ2v) is 11.1. The van der Waals surface area contributed by atoms with Gasteiger partial charge >= 0.3 is 0 Å². The minimum Gasteiger partial charge on any atom is -0.490 e. The van der Waals surface area contributed by atoms with Gasteiger partial charge in [0, 0.05) is 22.0 Å². The fourth-order valence-corrected chi connectivity index (χ4v) is 4.82. The summed E-state index contributed by atoms with van der Waals surface area (Å²) in [5, 5.41) is 8.22. The van der Waals surface area contributed by atoms with Crippen molar-refractivity contribution in [3.8, 4) is 17.2 Å². The van der Waals surface area contributed by atoms with Gasteiger partial charge in [0.1, 0.15) is 18.4 Å². The maximum atomic E-state index is 13.2. The molecule has 2 amide bonds. The number of carbonyl (C=O) groups is 2. The van der Waals surface area contributed by atoms with Crippen molar-refractivity contribution in [2.75, 3.05) is 6.61 Å². The molecule has 0 spiro atoms. The van der Waals surface area contributed by atoms with Gasteiger partial charge in [0.15, 0.2) is 17.6 Å². The Balaban J connectivity index is 1.42. The first kappa shape index (κ1) is 33.6. The summed E-state index contributed by atoms with van der Waals surface area (Å²) in [5.41, 5.74) is 4.89. The van der Waals surface area contributed by atoms with Crippen LogP contribution in [0.15, 0.2) is 96.1 Å². The van der Waals surface area contributed by atoms with Crippen LogP contribution in [0.4, 0.5) is 0 Å². The smallest absolute Gasteiger partial charge is 0.262 e. The summed E-state index contributed by atoms with van der Waals surface area (Å²) in [6.07, 6.45) is 0.760. The van der Waals surface area contributed by atoms with Crippen LogP contribution in [0.2, 0.25) is 15.1 Å². The molecule has 11 heteroatoms. The highest BCUT2D eigenvalue weighted by Crippen LogP contribution is 2.30. The zero-order valence-electron chi connectivity index (χ0n) is 24.6. The number of amides is 2. The molecule has 0 aliphatic heterocycles. The number of carbonyl (C=O) groups excluding carboxylic acids is 2. The molecule has 0 fully saturated rings. The van der Waals surface area contributed by atoms with Crippen LogP contribution >= 0.6 is 34.8 Å². The summed E-state index contributed by atoms with van der Waals surface area (Å²) in [5.74, 6) is 0.340. The highest BCUT2D eigenvalue weighted by Gasteiger charge is 2.25. The van der Waals surface area contributed by atoms with Crippen LogP contribution < -0.4 is 25.0 Å². The van der Waals surface area contributed by atoms with E-state index < -0.39 is 24.0 Å². The quantitative estimate of drug-likeness (QED) is 0.109. The molecule has 8 nitrogen and oxygen atoms in total. The molecular formula is C34H32Cl3N3O5. The SMILES string of the molecule is CCOc1cc(/C=N\NC(=O)[C@@H](Cc2ccccc2)NC(=O)[C@H](C)Oc2ccc(Cl)cc2Cl)ccc1OCc1ccccc1Cl. The number of halogens is 3. The van der Waals surface area contributed by atoms with Crippen LogP contribution in [0.3, 0.4) is 0 Å². The lowest BCUT2D eigenvalue weighted by molar-refractivity contribution is -0.132. The molecule has 2 N–H and O–H groups in total. The van der Waals surface area contributed by atoms with Crippen molar-refractivity contribution in [3.63, 3.8) is 0 Å². The van der Waals surface area contributed by atoms with Gasteiger partial charge < -0.3 is 19.5 Å². The average Bonchev–Trinajstić information content (AvgIpc) is 3.03. The average molecular weight is 669 g/mol. The molecule has 4 aromatic rings.